The summed E-state index contributed by atoms with van der Waals surface area (Å²) in [5.74, 6) is -0.152. The Morgan fingerprint density at radius 2 is 1.61 bits per heavy atom. The van der Waals surface area contributed by atoms with Gasteiger partial charge in [-0.15, -0.1) is 0 Å². The Bertz CT molecular complexity index is 628. The van der Waals surface area contributed by atoms with Crippen LogP contribution in [0.15, 0.2) is 60.7 Å². The van der Waals surface area contributed by atoms with Crippen LogP contribution in [0.4, 0.5) is 5.69 Å². The maximum atomic E-state index is 11.9. The molecule has 0 aliphatic heterocycles. The zero-order chi connectivity index (χ0) is 16.5. The highest BCUT2D eigenvalue weighted by atomic mass is 16.5. The van der Waals surface area contributed by atoms with E-state index in [1.165, 1.54) is 6.92 Å². The van der Waals surface area contributed by atoms with E-state index in [4.69, 9.17) is 9.47 Å². The second kappa shape index (κ2) is 8.58. The molecule has 1 amide bonds. The molecule has 0 saturated heterocycles. The molecule has 0 saturated carbocycles. The van der Waals surface area contributed by atoms with Crippen molar-refractivity contribution in [3.63, 3.8) is 0 Å². The van der Waals surface area contributed by atoms with Crippen molar-refractivity contribution in [1.82, 2.24) is 0 Å². The first-order valence-electron chi connectivity index (χ1n) is 7.38. The van der Waals surface area contributed by atoms with E-state index >= 15 is 0 Å². The van der Waals surface area contributed by atoms with Crippen molar-refractivity contribution in [2.75, 3.05) is 11.9 Å². The molecular formula is C18H19NO4. The molecule has 5 heteroatoms. The van der Waals surface area contributed by atoms with E-state index in [1.54, 1.807) is 24.3 Å². The van der Waals surface area contributed by atoms with Gasteiger partial charge in [0, 0.05) is 5.69 Å². The summed E-state index contributed by atoms with van der Waals surface area (Å²) in [6.07, 6.45) is -0.780. The van der Waals surface area contributed by atoms with Crippen LogP contribution in [0.5, 0.6) is 5.75 Å². The highest BCUT2D eigenvalue weighted by molar-refractivity contribution is 5.95. The van der Waals surface area contributed by atoms with E-state index in [2.05, 4.69) is 5.32 Å². The van der Waals surface area contributed by atoms with E-state index in [0.717, 1.165) is 0 Å². The third-order valence-electron chi connectivity index (χ3n) is 3.04. The Balaban J connectivity index is 1.70. The molecule has 1 N–H and O–H groups in total. The van der Waals surface area contributed by atoms with Gasteiger partial charge in [-0.2, -0.15) is 0 Å². The number of ether oxygens (including phenoxy) is 2. The van der Waals surface area contributed by atoms with Gasteiger partial charge in [0.05, 0.1) is 13.0 Å². The molecule has 0 spiro atoms. The van der Waals surface area contributed by atoms with Gasteiger partial charge in [-0.1, -0.05) is 36.4 Å². The summed E-state index contributed by atoms with van der Waals surface area (Å²) >= 11 is 0. The second-order valence-electron chi connectivity index (χ2n) is 4.90. The minimum atomic E-state index is -0.862. The Labute approximate surface area is 135 Å². The minimum absolute atomic E-state index is 0.0812. The van der Waals surface area contributed by atoms with E-state index in [9.17, 15) is 9.59 Å². The maximum Gasteiger partial charge on any atom is 0.310 e. The zero-order valence-electron chi connectivity index (χ0n) is 12.9. The van der Waals surface area contributed by atoms with Crippen LogP contribution in [0.1, 0.15) is 13.3 Å². The van der Waals surface area contributed by atoms with E-state index < -0.39 is 12.1 Å². The summed E-state index contributed by atoms with van der Waals surface area (Å²) in [7, 11) is 0. The van der Waals surface area contributed by atoms with Crippen molar-refractivity contribution >= 4 is 17.6 Å². The van der Waals surface area contributed by atoms with Gasteiger partial charge in [0.25, 0.3) is 5.91 Å². The van der Waals surface area contributed by atoms with Gasteiger partial charge in [-0.05, 0) is 31.2 Å². The zero-order valence-corrected chi connectivity index (χ0v) is 12.9. The van der Waals surface area contributed by atoms with Crippen LogP contribution >= 0.6 is 0 Å². The van der Waals surface area contributed by atoms with Gasteiger partial charge in [0.2, 0.25) is 0 Å². The van der Waals surface area contributed by atoms with Crippen LogP contribution in [-0.2, 0) is 14.3 Å². The molecule has 0 aliphatic rings. The number of nitrogens with one attached hydrogen (secondary N) is 1. The lowest BCUT2D eigenvalue weighted by Gasteiger charge is -2.13. The summed E-state index contributed by atoms with van der Waals surface area (Å²) in [5.41, 5.74) is 0.660. The van der Waals surface area contributed by atoms with E-state index in [1.807, 2.05) is 36.4 Å². The van der Waals surface area contributed by atoms with Gasteiger partial charge in [-0.3, -0.25) is 9.59 Å². The molecule has 0 bridgehead atoms. The largest absolute Gasteiger partial charge is 0.493 e. The molecule has 0 radical (unpaired) electrons. The number of carbonyl (C=O) groups excluding carboxylic acids is 2. The molecule has 0 heterocycles. The topological polar surface area (TPSA) is 64.6 Å². The molecule has 2 aromatic rings. The quantitative estimate of drug-likeness (QED) is 0.798. The molecule has 1 atom stereocenters. The maximum absolute atomic E-state index is 11.9. The number of rotatable bonds is 7. The van der Waals surface area contributed by atoms with Gasteiger partial charge in [0.15, 0.2) is 6.10 Å². The Kier molecular flexibility index (Phi) is 6.17. The van der Waals surface area contributed by atoms with Gasteiger partial charge in [-0.25, -0.2) is 0 Å². The number of hydrogen-bond acceptors (Lipinski definition) is 4. The van der Waals surface area contributed by atoms with Crippen molar-refractivity contribution in [2.45, 2.75) is 19.4 Å². The molecule has 2 aromatic carbocycles. The first kappa shape index (κ1) is 16.5. The lowest BCUT2D eigenvalue weighted by atomic mass is 10.3. The number of hydrogen-bond donors (Lipinski definition) is 1. The smallest absolute Gasteiger partial charge is 0.310 e. The molecule has 23 heavy (non-hydrogen) atoms. The van der Waals surface area contributed by atoms with Crippen molar-refractivity contribution in [1.29, 1.82) is 0 Å². The van der Waals surface area contributed by atoms with Crippen LogP contribution in [-0.4, -0.2) is 24.6 Å². The SMILES string of the molecule is C[C@@H](OC(=O)CCOc1ccccc1)C(=O)Nc1ccccc1. The summed E-state index contributed by atoms with van der Waals surface area (Å²) in [5, 5.41) is 2.68. The summed E-state index contributed by atoms with van der Waals surface area (Å²) in [6, 6.07) is 18.2. The second-order valence-corrected chi connectivity index (χ2v) is 4.90. The molecular weight excluding hydrogens is 294 g/mol. The van der Waals surface area contributed by atoms with Gasteiger partial charge < -0.3 is 14.8 Å². The number of para-hydroxylation sites is 2. The Hall–Kier alpha value is -2.82. The van der Waals surface area contributed by atoms with E-state index in [0.29, 0.717) is 11.4 Å². The van der Waals surface area contributed by atoms with Crippen molar-refractivity contribution in [3.05, 3.63) is 60.7 Å². The molecule has 0 aromatic heterocycles. The van der Waals surface area contributed by atoms with Gasteiger partial charge in [0.1, 0.15) is 5.75 Å². The minimum Gasteiger partial charge on any atom is -0.493 e. The summed E-state index contributed by atoms with van der Waals surface area (Å²) in [6.45, 7) is 1.74. The number of benzene rings is 2. The van der Waals surface area contributed by atoms with Crippen molar-refractivity contribution in [2.24, 2.45) is 0 Å². The normalized spacial score (nSPS) is 11.3. The predicted octanol–water partition coefficient (Wildman–Crippen LogP) is 3.03. The number of carbonyl (C=O) groups is 2. The summed E-state index contributed by atoms with van der Waals surface area (Å²) in [4.78, 5) is 23.6. The number of anilines is 1. The third kappa shape index (κ3) is 5.82. The molecule has 0 aliphatic carbocycles. The standard InChI is InChI=1S/C18H19NO4/c1-14(18(21)19-15-8-4-2-5-9-15)23-17(20)12-13-22-16-10-6-3-7-11-16/h2-11,14H,12-13H2,1H3,(H,19,21)/t14-/m1/s1. The monoisotopic (exact) mass is 313 g/mol. The third-order valence-corrected chi connectivity index (χ3v) is 3.04. The molecule has 120 valence electrons. The van der Waals surface area contributed by atoms with Crippen LogP contribution in [0.2, 0.25) is 0 Å². The fraction of sp³-hybridized carbons (Fsp3) is 0.222. The molecule has 5 nitrogen and oxygen atoms in total. The highest BCUT2D eigenvalue weighted by Gasteiger charge is 2.17. The van der Waals surface area contributed by atoms with Crippen LogP contribution in [0.25, 0.3) is 0 Å². The van der Waals surface area contributed by atoms with Crippen molar-refractivity contribution < 1.29 is 19.1 Å². The predicted molar refractivity (Wildman–Crippen MR) is 87.2 cm³/mol. The fourth-order valence-corrected chi connectivity index (χ4v) is 1.84. The van der Waals surface area contributed by atoms with Crippen LogP contribution < -0.4 is 10.1 Å². The van der Waals surface area contributed by atoms with Crippen LogP contribution in [0, 0.1) is 0 Å². The first-order valence-corrected chi connectivity index (χ1v) is 7.38. The molecule has 0 unspecified atom stereocenters. The lowest BCUT2D eigenvalue weighted by Crippen LogP contribution is -2.30. The fourth-order valence-electron chi connectivity index (χ4n) is 1.84. The summed E-state index contributed by atoms with van der Waals surface area (Å²) < 4.78 is 10.5. The Morgan fingerprint density at radius 1 is 1.00 bits per heavy atom. The first-order chi connectivity index (χ1) is 11.1. The van der Waals surface area contributed by atoms with Crippen LogP contribution in [0.3, 0.4) is 0 Å². The molecule has 2 rings (SSSR count). The van der Waals surface area contributed by atoms with Crippen molar-refractivity contribution in [3.8, 4) is 5.75 Å². The van der Waals surface area contributed by atoms with Gasteiger partial charge >= 0.3 is 5.97 Å². The number of esters is 1. The lowest BCUT2D eigenvalue weighted by molar-refractivity contribution is -0.153. The Morgan fingerprint density at radius 3 is 2.26 bits per heavy atom. The average Bonchev–Trinajstić information content (AvgIpc) is 2.56. The number of amides is 1. The highest BCUT2D eigenvalue weighted by Crippen LogP contribution is 2.09. The molecule has 0 fully saturated rings. The van der Waals surface area contributed by atoms with E-state index in [-0.39, 0.29) is 18.9 Å². The average molecular weight is 313 g/mol.